The average molecular weight is 298 g/mol. The number of hydrogen-bond donors (Lipinski definition) is 2. The van der Waals surface area contributed by atoms with Crippen LogP contribution in [0.5, 0.6) is 0 Å². The molecule has 3 rings (SSSR count). The smallest absolute Gasteiger partial charge is 0.319 e. The number of aromatic nitrogens is 2. The molecule has 2 heterocycles. The number of rotatable bonds is 4. The first-order chi connectivity index (χ1) is 10.3. The fraction of sp³-hybridized carbons (Fsp3) is 0.133. The van der Waals surface area contributed by atoms with E-state index in [2.05, 4.69) is 26.7 Å². The number of pyridine rings is 1. The first-order valence-corrected chi connectivity index (χ1v) is 7.42. The summed E-state index contributed by atoms with van der Waals surface area (Å²) in [5, 5.41) is 6.60. The van der Waals surface area contributed by atoms with Crippen molar-refractivity contribution in [3.63, 3.8) is 0 Å². The van der Waals surface area contributed by atoms with Gasteiger partial charge in [0.1, 0.15) is 0 Å². The molecule has 0 aliphatic carbocycles. The number of urea groups is 1. The predicted octanol–water partition coefficient (Wildman–Crippen LogP) is 3.06. The van der Waals surface area contributed by atoms with Crippen LogP contribution in [0.3, 0.4) is 0 Å². The van der Waals surface area contributed by atoms with Crippen LogP contribution in [0.25, 0.3) is 10.2 Å². The van der Waals surface area contributed by atoms with Crippen LogP contribution in [0.15, 0.2) is 48.8 Å². The maximum Gasteiger partial charge on any atom is 0.319 e. The molecule has 6 heteroatoms. The molecule has 0 spiro atoms. The summed E-state index contributed by atoms with van der Waals surface area (Å²) in [5.41, 5.74) is 1.74. The van der Waals surface area contributed by atoms with Crippen molar-refractivity contribution >= 4 is 33.3 Å². The molecule has 0 saturated carbocycles. The van der Waals surface area contributed by atoms with Crippen LogP contribution >= 0.6 is 11.3 Å². The number of para-hydroxylation sites is 1. The van der Waals surface area contributed by atoms with Gasteiger partial charge in [-0.1, -0.05) is 12.1 Å². The molecule has 0 aliphatic rings. The van der Waals surface area contributed by atoms with Gasteiger partial charge < -0.3 is 10.6 Å². The number of thiazole rings is 1. The molecular weight excluding hydrogens is 284 g/mol. The molecule has 0 atom stereocenters. The number of anilines is 1. The van der Waals surface area contributed by atoms with Crippen LogP contribution in [0.4, 0.5) is 10.5 Å². The summed E-state index contributed by atoms with van der Waals surface area (Å²) in [5.74, 6) is 0. The lowest BCUT2D eigenvalue weighted by molar-refractivity contribution is 0.252. The summed E-state index contributed by atoms with van der Waals surface area (Å²) in [6, 6.07) is 11.3. The molecule has 106 valence electrons. The highest BCUT2D eigenvalue weighted by atomic mass is 32.1. The Morgan fingerprint density at radius 3 is 2.76 bits per heavy atom. The fourth-order valence-corrected chi connectivity index (χ4v) is 2.89. The van der Waals surface area contributed by atoms with Gasteiger partial charge in [0, 0.05) is 31.0 Å². The molecule has 2 aromatic heterocycles. The fourth-order valence-electron chi connectivity index (χ4n) is 1.92. The zero-order valence-electron chi connectivity index (χ0n) is 11.2. The second-order valence-corrected chi connectivity index (χ2v) is 5.56. The molecule has 0 fully saturated rings. The third-order valence-corrected chi connectivity index (χ3v) is 4.00. The first kappa shape index (κ1) is 13.5. The molecule has 1 aromatic carbocycles. The van der Waals surface area contributed by atoms with E-state index in [1.807, 2.05) is 18.2 Å². The van der Waals surface area contributed by atoms with E-state index >= 15 is 0 Å². The Balaban J connectivity index is 1.50. The lowest BCUT2D eigenvalue weighted by Gasteiger charge is -2.06. The lowest BCUT2D eigenvalue weighted by Crippen LogP contribution is -2.30. The van der Waals surface area contributed by atoms with E-state index in [1.54, 1.807) is 35.9 Å². The highest BCUT2D eigenvalue weighted by Crippen LogP contribution is 2.21. The van der Waals surface area contributed by atoms with Crippen LogP contribution in [0.1, 0.15) is 5.01 Å². The number of benzene rings is 1. The molecule has 5 nitrogen and oxygen atoms in total. The quantitative estimate of drug-likeness (QED) is 0.778. The van der Waals surface area contributed by atoms with Crippen molar-refractivity contribution in [1.82, 2.24) is 15.3 Å². The van der Waals surface area contributed by atoms with Gasteiger partial charge in [0.2, 0.25) is 0 Å². The van der Waals surface area contributed by atoms with E-state index in [-0.39, 0.29) is 6.03 Å². The highest BCUT2D eigenvalue weighted by molar-refractivity contribution is 7.18. The molecular formula is C15H14N4OS. The number of nitrogens with zero attached hydrogens (tertiary/aromatic N) is 2. The van der Waals surface area contributed by atoms with Gasteiger partial charge in [-0.15, -0.1) is 11.3 Å². The number of carbonyl (C=O) groups excluding carboxylic acids is 1. The minimum atomic E-state index is -0.220. The Kier molecular flexibility index (Phi) is 4.07. The molecule has 21 heavy (non-hydrogen) atoms. The van der Waals surface area contributed by atoms with Gasteiger partial charge in [-0.3, -0.25) is 4.98 Å². The van der Waals surface area contributed by atoms with Gasteiger partial charge in [-0.05, 0) is 24.3 Å². The number of fused-ring (bicyclic) bond motifs is 1. The Hall–Kier alpha value is -2.47. The van der Waals surface area contributed by atoms with E-state index in [1.165, 1.54) is 4.70 Å². The van der Waals surface area contributed by atoms with Crippen molar-refractivity contribution < 1.29 is 4.79 Å². The molecule has 2 N–H and O–H groups in total. The van der Waals surface area contributed by atoms with Gasteiger partial charge >= 0.3 is 6.03 Å². The minimum Gasteiger partial charge on any atom is -0.337 e. The van der Waals surface area contributed by atoms with Crippen molar-refractivity contribution in [3.05, 3.63) is 53.8 Å². The first-order valence-electron chi connectivity index (χ1n) is 6.60. The maximum absolute atomic E-state index is 11.7. The summed E-state index contributed by atoms with van der Waals surface area (Å²) in [6.07, 6.45) is 4.00. The van der Waals surface area contributed by atoms with Crippen molar-refractivity contribution in [2.24, 2.45) is 0 Å². The number of hydrogen-bond acceptors (Lipinski definition) is 4. The van der Waals surface area contributed by atoms with E-state index < -0.39 is 0 Å². The SMILES string of the molecule is O=C(NCCc1nc2ccccc2s1)Nc1ccncc1. The van der Waals surface area contributed by atoms with Crippen LogP contribution in [0.2, 0.25) is 0 Å². The van der Waals surface area contributed by atoms with E-state index in [4.69, 9.17) is 0 Å². The zero-order chi connectivity index (χ0) is 14.5. The molecule has 2 amide bonds. The van der Waals surface area contributed by atoms with Crippen LogP contribution in [-0.2, 0) is 6.42 Å². The number of nitrogens with one attached hydrogen (secondary N) is 2. The van der Waals surface area contributed by atoms with E-state index in [0.29, 0.717) is 6.54 Å². The third-order valence-electron chi connectivity index (χ3n) is 2.90. The highest BCUT2D eigenvalue weighted by Gasteiger charge is 2.04. The summed E-state index contributed by atoms with van der Waals surface area (Å²) < 4.78 is 1.17. The third kappa shape index (κ3) is 3.55. The van der Waals surface area contributed by atoms with Crippen molar-refractivity contribution in [3.8, 4) is 0 Å². The van der Waals surface area contributed by atoms with Gasteiger partial charge in [0.25, 0.3) is 0 Å². The summed E-state index contributed by atoms with van der Waals surface area (Å²) in [6.45, 7) is 0.552. The Labute approximate surface area is 126 Å². The predicted molar refractivity (Wildman–Crippen MR) is 84.6 cm³/mol. The summed E-state index contributed by atoms with van der Waals surface area (Å²) >= 11 is 1.66. The summed E-state index contributed by atoms with van der Waals surface area (Å²) in [7, 11) is 0. The number of carbonyl (C=O) groups is 1. The van der Waals surface area contributed by atoms with Crippen LogP contribution in [-0.4, -0.2) is 22.5 Å². The van der Waals surface area contributed by atoms with Crippen molar-refractivity contribution in [2.45, 2.75) is 6.42 Å². The monoisotopic (exact) mass is 298 g/mol. The van der Waals surface area contributed by atoms with Crippen molar-refractivity contribution in [1.29, 1.82) is 0 Å². The number of amides is 2. The van der Waals surface area contributed by atoms with E-state index in [0.717, 1.165) is 22.6 Å². The summed E-state index contributed by atoms with van der Waals surface area (Å²) in [4.78, 5) is 20.1. The standard InChI is InChI=1S/C15H14N4OS/c20-15(18-11-5-8-16-9-6-11)17-10-7-14-19-12-3-1-2-4-13(12)21-14/h1-6,8-9H,7,10H2,(H2,16,17,18,20). The minimum absolute atomic E-state index is 0.220. The van der Waals surface area contributed by atoms with Gasteiger partial charge in [0.05, 0.1) is 15.2 Å². The molecule has 0 bridgehead atoms. The Bertz CT molecular complexity index is 709. The largest absolute Gasteiger partial charge is 0.337 e. The lowest BCUT2D eigenvalue weighted by atomic mass is 10.3. The molecule has 3 aromatic rings. The average Bonchev–Trinajstić information content (AvgIpc) is 2.91. The van der Waals surface area contributed by atoms with Crippen LogP contribution < -0.4 is 10.6 Å². The molecule has 0 aliphatic heterocycles. The Morgan fingerprint density at radius 1 is 1.14 bits per heavy atom. The van der Waals surface area contributed by atoms with Gasteiger partial charge in [-0.25, -0.2) is 9.78 Å². The topological polar surface area (TPSA) is 66.9 Å². The van der Waals surface area contributed by atoms with Crippen LogP contribution in [0, 0.1) is 0 Å². The zero-order valence-corrected chi connectivity index (χ0v) is 12.1. The normalized spacial score (nSPS) is 10.5. The van der Waals surface area contributed by atoms with Gasteiger partial charge in [-0.2, -0.15) is 0 Å². The second kappa shape index (κ2) is 6.32. The van der Waals surface area contributed by atoms with Crippen molar-refractivity contribution in [2.75, 3.05) is 11.9 Å². The van der Waals surface area contributed by atoms with E-state index in [9.17, 15) is 4.79 Å². The molecule has 0 saturated heterocycles. The Morgan fingerprint density at radius 2 is 1.95 bits per heavy atom. The second-order valence-electron chi connectivity index (χ2n) is 4.44. The van der Waals surface area contributed by atoms with Gasteiger partial charge in [0.15, 0.2) is 0 Å². The molecule has 0 radical (unpaired) electrons. The molecule has 0 unspecified atom stereocenters. The maximum atomic E-state index is 11.7.